The molecule has 1 atom stereocenters. The quantitative estimate of drug-likeness (QED) is 0.242. The molecule has 4 nitrogen and oxygen atoms in total. The largest absolute Gasteiger partial charge is 0.339 e. The van der Waals surface area contributed by atoms with Gasteiger partial charge in [0.15, 0.2) is 5.11 Å². The van der Waals surface area contributed by atoms with Gasteiger partial charge in [0.1, 0.15) is 6.17 Å². The van der Waals surface area contributed by atoms with E-state index in [4.69, 9.17) is 70.2 Å². The summed E-state index contributed by atoms with van der Waals surface area (Å²) >= 11 is 38.4. The van der Waals surface area contributed by atoms with Crippen LogP contribution in [0.25, 0.3) is 0 Å². The number of carbonyl (C=O) groups excluding carboxylic acids is 1. The van der Waals surface area contributed by atoms with Crippen LogP contribution in [0.3, 0.4) is 0 Å². The van der Waals surface area contributed by atoms with Crippen LogP contribution in [0.2, 0.25) is 10.0 Å². The topological polar surface area (TPSA) is 53.2 Å². The lowest BCUT2D eigenvalue weighted by molar-refractivity contribution is 0.0934. The van der Waals surface area contributed by atoms with Crippen LogP contribution in [-0.4, -0.2) is 21.0 Å². The highest BCUT2D eigenvalue weighted by atomic mass is 79.9. The minimum atomic E-state index is -1.89. The predicted molar refractivity (Wildman–Crippen MR) is 122 cm³/mol. The Labute approximate surface area is 195 Å². The average Bonchev–Trinajstić information content (AvgIpc) is 2.55. The summed E-state index contributed by atoms with van der Waals surface area (Å²) in [5.74, 6) is -0.566. The van der Waals surface area contributed by atoms with Crippen LogP contribution in [0.1, 0.15) is 10.4 Å². The molecule has 0 unspecified atom stereocenters. The van der Waals surface area contributed by atoms with Crippen molar-refractivity contribution in [3.63, 3.8) is 0 Å². The molecule has 0 spiro atoms. The number of rotatable bonds is 4. The third kappa shape index (κ3) is 6.82. The SMILES string of the molecule is O=C(N[C@H](NC(=S)Nc1ccccc1Br)C(Cl)(Cl)Cl)c1ccc(Cl)cc1Cl. The summed E-state index contributed by atoms with van der Waals surface area (Å²) in [5, 5.41) is 8.96. The standard InChI is InChI=1S/C16H11BrCl5N3OS/c17-10-3-1-2-4-12(10)23-15(27)25-14(16(20,21)22)24-13(26)9-6-5-8(18)7-11(9)19/h1-7,14H,(H,24,26)(H2,23,25,27)/t14-/m1/s1. The number of nitrogens with one attached hydrogen (secondary N) is 3. The van der Waals surface area contributed by atoms with Crippen LogP contribution in [0, 0.1) is 0 Å². The molecule has 144 valence electrons. The van der Waals surface area contributed by atoms with Crippen LogP contribution >= 0.6 is 86.2 Å². The molecule has 0 bridgehead atoms. The Balaban J connectivity index is 2.12. The molecule has 0 heterocycles. The Morgan fingerprint density at radius 2 is 1.74 bits per heavy atom. The van der Waals surface area contributed by atoms with Gasteiger partial charge in [0.2, 0.25) is 3.79 Å². The van der Waals surface area contributed by atoms with Crippen molar-refractivity contribution >= 4 is 103 Å². The number of amides is 1. The third-order valence-electron chi connectivity index (χ3n) is 3.18. The second-order valence-corrected chi connectivity index (χ2v) is 9.63. The number of thiocarbonyl (C=S) groups is 1. The molecule has 0 aliphatic rings. The maximum absolute atomic E-state index is 12.5. The van der Waals surface area contributed by atoms with E-state index in [2.05, 4.69) is 31.9 Å². The molecule has 27 heavy (non-hydrogen) atoms. The lowest BCUT2D eigenvalue weighted by atomic mass is 10.2. The minimum Gasteiger partial charge on any atom is -0.339 e. The second kappa shape index (κ2) is 9.83. The van der Waals surface area contributed by atoms with Gasteiger partial charge in [-0.2, -0.15) is 0 Å². The van der Waals surface area contributed by atoms with Crippen molar-refractivity contribution in [2.75, 3.05) is 5.32 Å². The first-order chi connectivity index (χ1) is 12.6. The zero-order valence-electron chi connectivity index (χ0n) is 13.2. The van der Waals surface area contributed by atoms with Crippen molar-refractivity contribution in [3.8, 4) is 0 Å². The van der Waals surface area contributed by atoms with E-state index in [1.54, 1.807) is 6.07 Å². The number of hydrogen-bond acceptors (Lipinski definition) is 2. The van der Waals surface area contributed by atoms with E-state index in [1.807, 2.05) is 18.2 Å². The zero-order valence-corrected chi connectivity index (χ0v) is 19.4. The molecule has 0 aromatic heterocycles. The molecule has 2 rings (SSSR count). The Hall–Kier alpha value is -0.470. The van der Waals surface area contributed by atoms with Gasteiger partial charge in [0, 0.05) is 9.50 Å². The number of carbonyl (C=O) groups is 1. The molecular formula is C16H11BrCl5N3OS. The minimum absolute atomic E-state index is 0.140. The Morgan fingerprint density at radius 3 is 2.33 bits per heavy atom. The average molecular weight is 551 g/mol. The molecule has 0 saturated heterocycles. The fourth-order valence-corrected chi connectivity index (χ4v) is 3.37. The predicted octanol–water partition coefficient (Wildman–Crippen LogP) is 6.17. The molecule has 2 aromatic carbocycles. The van der Waals surface area contributed by atoms with E-state index < -0.39 is 15.9 Å². The first-order valence-electron chi connectivity index (χ1n) is 7.22. The molecular weight excluding hydrogens is 539 g/mol. The summed E-state index contributed by atoms with van der Waals surface area (Å²) in [6.45, 7) is 0. The fraction of sp³-hybridized carbons (Fsp3) is 0.125. The van der Waals surface area contributed by atoms with E-state index in [-0.39, 0.29) is 15.7 Å². The van der Waals surface area contributed by atoms with Gasteiger partial charge in [0.05, 0.1) is 16.3 Å². The van der Waals surface area contributed by atoms with Crippen molar-refractivity contribution < 1.29 is 4.79 Å². The van der Waals surface area contributed by atoms with Gasteiger partial charge in [-0.1, -0.05) is 70.1 Å². The maximum atomic E-state index is 12.5. The van der Waals surface area contributed by atoms with Gasteiger partial charge >= 0.3 is 0 Å². The molecule has 11 heteroatoms. The van der Waals surface area contributed by atoms with E-state index in [9.17, 15) is 4.79 Å². The molecule has 0 aliphatic carbocycles. The summed E-state index contributed by atoms with van der Waals surface area (Å²) in [6, 6.07) is 11.7. The van der Waals surface area contributed by atoms with Crippen LogP contribution in [-0.2, 0) is 0 Å². The van der Waals surface area contributed by atoms with Gasteiger partial charge < -0.3 is 16.0 Å². The number of anilines is 1. The first-order valence-corrected chi connectivity index (χ1v) is 10.3. The number of benzene rings is 2. The van der Waals surface area contributed by atoms with Crippen LogP contribution in [0.5, 0.6) is 0 Å². The number of para-hydroxylation sites is 1. The lowest BCUT2D eigenvalue weighted by Crippen LogP contribution is -2.56. The Kier molecular flexibility index (Phi) is 8.31. The first kappa shape index (κ1) is 22.8. The van der Waals surface area contributed by atoms with Crippen molar-refractivity contribution in [1.29, 1.82) is 0 Å². The molecule has 0 radical (unpaired) electrons. The maximum Gasteiger partial charge on any atom is 0.254 e. The number of halogens is 6. The lowest BCUT2D eigenvalue weighted by Gasteiger charge is -2.28. The van der Waals surface area contributed by atoms with E-state index in [0.717, 1.165) is 4.47 Å². The second-order valence-electron chi connectivity index (χ2n) is 5.15. The summed E-state index contributed by atoms with van der Waals surface area (Å²) < 4.78 is -1.11. The smallest absolute Gasteiger partial charge is 0.254 e. The summed E-state index contributed by atoms with van der Waals surface area (Å²) in [7, 11) is 0. The van der Waals surface area contributed by atoms with E-state index in [1.165, 1.54) is 18.2 Å². The molecule has 3 N–H and O–H groups in total. The number of hydrogen-bond donors (Lipinski definition) is 3. The van der Waals surface area contributed by atoms with Crippen LogP contribution in [0.15, 0.2) is 46.9 Å². The molecule has 0 aliphatic heterocycles. The highest BCUT2D eigenvalue weighted by Crippen LogP contribution is 2.30. The molecule has 2 aromatic rings. The van der Waals surface area contributed by atoms with Gasteiger partial charge in [-0.15, -0.1) is 0 Å². The molecule has 0 saturated carbocycles. The van der Waals surface area contributed by atoms with Gasteiger partial charge in [-0.25, -0.2) is 0 Å². The Morgan fingerprint density at radius 1 is 1.07 bits per heavy atom. The molecule has 0 fully saturated rings. The highest BCUT2D eigenvalue weighted by Gasteiger charge is 2.35. The summed E-state index contributed by atoms with van der Waals surface area (Å²) in [5.41, 5.74) is 0.872. The van der Waals surface area contributed by atoms with E-state index in [0.29, 0.717) is 10.7 Å². The highest BCUT2D eigenvalue weighted by molar-refractivity contribution is 9.10. The monoisotopic (exact) mass is 547 g/mol. The van der Waals surface area contributed by atoms with Crippen molar-refractivity contribution in [3.05, 3.63) is 62.5 Å². The van der Waals surface area contributed by atoms with Crippen molar-refractivity contribution in [2.45, 2.75) is 9.96 Å². The van der Waals surface area contributed by atoms with Gasteiger partial charge in [0.25, 0.3) is 5.91 Å². The van der Waals surface area contributed by atoms with Crippen molar-refractivity contribution in [1.82, 2.24) is 10.6 Å². The third-order valence-corrected chi connectivity index (χ3v) is 5.29. The Bertz CT molecular complexity index is 862. The van der Waals surface area contributed by atoms with E-state index >= 15 is 0 Å². The summed E-state index contributed by atoms with van der Waals surface area (Å²) in [6.07, 6.45) is -1.13. The number of alkyl halides is 3. The van der Waals surface area contributed by atoms with Gasteiger partial charge in [-0.05, 0) is 58.5 Å². The van der Waals surface area contributed by atoms with Crippen LogP contribution < -0.4 is 16.0 Å². The van der Waals surface area contributed by atoms with Crippen LogP contribution in [0.4, 0.5) is 5.69 Å². The normalized spacial score (nSPS) is 12.2. The fourth-order valence-electron chi connectivity index (χ4n) is 1.93. The summed E-state index contributed by atoms with van der Waals surface area (Å²) in [4.78, 5) is 12.5. The van der Waals surface area contributed by atoms with Gasteiger partial charge in [-0.3, -0.25) is 4.79 Å². The zero-order chi connectivity index (χ0) is 20.2. The van der Waals surface area contributed by atoms with Crippen molar-refractivity contribution in [2.24, 2.45) is 0 Å². The molecule has 1 amide bonds.